The summed E-state index contributed by atoms with van der Waals surface area (Å²) in [7, 11) is 0. The molecule has 4 rings (SSSR count). The van der Waals surface area contributed by atoms with Gasteiger partial charge in [-0.3, -0.25) is 14.5 Å². The molecule has 2 aliphatic heterocycles. The normalized spacial score (nSPS) is 19.2. The van der Waals surface area contributed by atoms with Crippen LogP contribution < -0.4 is 22.1 Å². The summed E-state index contributed by atoms with van der Waals surface area (Å²) in [5.41, 5.74) is 11.2. The highest BCUT2D eigenvalue weighted by atomic mass is 32.2. The van der Waals surface area contributed by atoms with Gasteiger partial charge in [-0.25, -0.2) is 9.59 Å². The van der Waals surface area contributed by atoms with Crippen molar-refractivity contribution in [1.82, 2.24) is 25.7 Å². The number of aromatic nitrogens is 2. The number of nitrogens with zero attached hydrogens (tertiary/aromatic N) is 4. The molecular formula is C21H22N8O6S3. The van der Waals surface area contributed by atoms with E-state index in [1.807, 2.05) is 6.92 Å². The third-order valence-electron chi connectivity index (χ3n) is 5.41. The number of carboxylic acid groups (broad SMARTS) is 1. The van der Waals surface area contributed by atoms with Gasteiger partial charge < -0.3 is 32.3 Å². The van der Waals surface area contributed by atoms with Gasteiger partial charge in [0, 0.05) is 11.5 Å². The van der Waals surface area contributed by atoms with Gasteiger partial charge in [0.2, 0.25) is 5.91 Å². The van der Waals surface area contributed by atoms with Gasteiger partial charge >= 0.3 is 12.0 Å². The molecule has 1 saturated heterocycles. The maximum Gasteiger partial charge on any atom is 0.352 e. The first-order valence-corrected chi connectivity index (χ1v) is 13.7. The molecule has 14 nitrogen and oxygen atoms in total. The Balaban J connectivity index is 1.50. The van der Waals surface area contributed by atoms with E-state index in [4.69, 9.17) is 11.5 Å². The Bertz CT molecular complexity index is 1340. The minimum Gasteiger partial charge on any atom is -0.508 e. The summed E-state index contributed by atoms with van der Waals surface area (Å²) in [6.45, 7) is 1.82. The van der Waals surface area contributed by atoms with Gasteiger partial charge in [-0.05, 0) is 30.2 Å². The zero-order valence-electron chi connectivity index (χ0n) is 19.7. The van der Waals surface area contributed by atoms with Gasteiger partial charge in [0.25, 0.3) is 5.91 Å². The molecule has 1 aromatic heterocycles. The number of aromatic hydroxyl groups is 1. The van der Waals surface area contributed by atoms with Gasteiger partial charge in [0.05, 0.1) is 0 Å². The number of carbonyl (C=O) groups is 4. The summed E-state index contributed by atoms with van der Waals surface area (Å²) in [6.07, 6.45) is 0. The molecule has 2 aromatic rings. The molecule has 0 radical (unpaired) electrons. The number of fused-ring (bicyclic) bond motifs is 1. The lowest BCUT2D eigenvalue weighted by molar-refractivity contribution is -0.150. The van der Waals surface area contributed by atoms with Gasteiger partial charge in [0.1, 0.15) is 33.9 Å². The Hall–Kier alpha value is -3.83. The highest BCUT2D eigenvalue weighted by Gasteiger charge is 2.54. The van der Waals surface area contributed by atoms with Crippen molar-refractivity contribution in [2.24, 2.45) is 16.5 Å². The van der Waals surface area contributed by atoms with E-state index in [1.54, 1.807) is 0 Å². The van der Waals surface area contributed by atoms with Crippen LogP contribution in [0.2, 0.25) is 0 Å². The second-order valence-electron chi connectivity index (χ2n) is 8.04. The van der Waals surface area contributed by atoms with Crippen molar-refractivity contribution >= 4 is 64.6 Å². The molecule has 4 amide bonds. The van der Waals surface area contributed by atoms with E-state index >= 15 is 0 Å². The fourth-order valence-corrected chi connectivity index (χ4v) is 7.06. The summed E-state index contributed by atoms with van der Waals surface area (Å²) in [5, 5.41) is 32.5. The second-order valence-corrected chi connectivity index (χ2v) is 11.5. The average molecular weight is 579 g/mol. The van der Waals surface area contributed by atoms with E-state index in [2.05, 4.69) is 25.8 Å². The van der Waals surface area contributed by atoms with Crippen LogP contribution in [0.3, 0.4) is 0 Å². The largest absolute Gasteiger partial charge is 0.508 e. The fraction of sp³-hybridized carbons (Fsp3) is 0.286. The molecule has 3 heterocycles. The van der Waals surface area contributed by atoms with Crippen LogP contribution in [0.5, 0.6) is 5.75 Å². The number of nitrogens with one attached hydrogen (secondary N) is 2. The molecule has 1 aromatic carbocycles. The lowest BCUT2D eigenvalue weighted by Gasteiger charge is -2.49. The zero-order valence-corrected chi connectivity index (χ0v) is 22.1. The molecule has 0 saturated carbocycles. The number of aliphatic carboxylic acids is 1. The molecule has 17 heteroatoms. The quantitative estimate of drug-likeness (QED) is 0.106. The molecule has 3 atom stereocenters. The van der Waals surface area contributed by atoms with Crippen molar-refractivity contribution in [2.75, 3.05) is 11.5 Å². The van der Waals surface area contributed by atoms with Gasteiger partial charge in [0.15, 0.2) is 10.3 Å². The molecule has 2 aliphatic rings. The Morgan fingerprint density at radius 1 is 1.26 bits per heavy atom. The van der Waals surface area contributed by atoms with Crippen molar-refractivity contribution in [1.29, 1.82) is 0 Å². The minimum absolute atomic E-state index is 0.0601. The number of aliphatic imine (C=N–C) groups is 1. The van der Waals surface area contributed by atoms with Crippen molar-refractivity contribution in [2.45, 2.75) is 28.7 Å². The van der Waals surface area contributed by atoms with Crippen LogP contribution in [0.25, 0.3) is 0 Å². The fourth-order valence-electron chi connectivity index (χ4n) is 3.76. The third-order valence-corrected chi connectivity index (χ3v) is 8.81. The first-order valence-electron chi connectivity index (χ1n) is 10.9. The molecule has 0 spiro atoms. The summed E-state index contributed by atoms with van der Waals surface area (Å²) in [4.78, 5) is 55.0. The Kier molecular flexibility index (Phi) is 8.08. The lowest BCUT2D eigenvalue weighted by Crippen LogP contribution is -2.71. The van der Waals surface area contributed by atoms with E-state index in [1.165, 1.54) is 59.1 Å². The summed E-state index contributed by atoms with van der Waals surface area (Å²) in [5.74, 6) is -2.52. The third kappa shape index (κ3) is 5.84. The molecule has 8 N–H and O–H groups in total. The van der Waals surface area contributed by atoms with Crippen molar-refractivity contribution < 1.29 is 29.4 Å². The van der Waals surface area contributed by atoms with E-state index < -0.39 is 47.2 Å². The molecule has 200 valence electrons. The van der Waals surface area contributed by atoms with Crippen molar-refractivity contribution in [3.05, 3.63) is 46.1 Å². The Labute approximate surface area is 227 Å². The minimum atomic E-state index is -1.31. The predicted molar refractivity (Wildman–Crippen MR) is 140 cm³/mol. The van der Waals surface area contributed by atoms with E-state index in [0.717, 1.165) is 9.91 Å². The highest BCUT2D eigenvalue weighted by molar-refractivity contribution is 8.01. The number of thioether (sulfide) groups is 2. The number of carbonyl (C=O) groups excluding carboxylic acids is 3. The number of hydrogen-bond acceptors (Lipinski definition) is 10. The second kappa shape index (κ2) is 11.3. The molecule has 38 heavy (non-hydrogen) atoms. The van der Waals surface area contributed by atoms with Crippen LogP contribution in [-0.2, 0) is 14.4 Å². The van der Waals surface area contributed by atoms with Crippen LogP contribution in [0.4, 0.5) is 4.79 Å². The van der Waals surface area contributed by atoms with Crippen molar-refractivity contribution in [3.63, 3.8) is 0 Å². The van der Waals surface area contributed by atoms with E-state index in [0.29, 0.717) is 21.4 Å². The lowest BCUT2D eigenvalue weighted by atomic mass is 10.0. The van der Waals surface area contributed by atoms with Crippen molar-refractivity contribution in [3.8, 4) is 5.75 Å². The molecule has 2 unspecified atom stereocenters. The number of guanidine groups is 1. The first kappa shape index (κ1) is 27.2. The Morgan fingerprint density at radius 2 is 1.97 bits per heavy atom. The summed E-state index contributed by atoms with van der Waals surface area (Å²) >= 11 is 4.04. The smallest absolute Gasteiger partial charge is 0.352 e. The molecule has 0 aliphatic carbocycles. The zero-order chi connectivity index (χ0) is 27.6. The summed E-state index contributed by atoms with van der Waals surface area (Å²) < 4.78 is 0.690. The molecule has 0 bridgehead atoms. The standard InChI is InChI=1S/C21H22N8O6S3/c1-8-27-28-21(38-8)37-7-10-6-36-17-13(16(32)29(17)14(10)18(33)34)24-15(31)12(25-20(35)26-19(22)23)9-2-4-11(30)5-3-9/h2-5,12-13,17,30H,6-7H2,1H3,(H,24,31)(H,33,34)(H5,22,23,25,26,35)/t12?,13?,17-/m0/s1. The number of phenols is 1. The molecular weight excluding hydrogens is 556 g/mol. The number of amides is 4. The number of β-lactam (4-membered cyclic amide) rings is 1. The topological polar surface area (TPSA) is 226 Å². The summed E-state index contributed by atoms with van der Waals surface area (Å²) in [6, 6.07) is 2.14. The number of urea groups is 1. The van der Waals surface area contributed by atoms with Crippen LogP contribution >= 0.6 is 34.9 Å². The number of aryl methyl sites for hydroxylation is 1. The number of hydrogen-bond donors (Lipinski definition) is 6. The molecule has 1 fully saturated rings. The number of benzene rings is 1. The monoisotopic (exact) mass is 578 g/mol. The first-order chi connectivity index (χ1) is 18.0. The van der Waals surface area contributed by atoms with Gasteiger partial charge in [-0.1, -0.05) is 35.2 Å². The average Bonchev–Trinajstić information content (AvgIpc) is 3.28. The number of carboxylic acids is 1. The van der Waals surface area contributed by atoms with E-state index in [-0.39, 0.29) is 17.0 Å². The van der Waals surface area contributed by atoms with Crippen LogP contribution in [-0.4, -0.2) is 78.0 Å². The number of phenolic OH excluding ortho intramolecular Hbond substituents is 1. The van der Waals surface area contributed by atoms with Gasteiger partial charge in [-0.2, -0.15) is 4.99 Å². The van der Waals surface area contributed by atoms with Gasteiger partial charge in [-0.15, -0.1) is 22.0 Å². The van der Waals surface area contributed by atoms with Crippen LogP contribution in [0, 0.1) is 6.92 Å². The maximum atomic E-state index is 13.2. The van der Waals surface area contributed by atoms with Crippen LogP contribution in [0.1, 0.15) is 16.6 Å². The number of rotatable bonds is 8. The van der Waals surface area contributed by atoms with Crippen LogP contribution in [0.15, 0.2) is 44.9 Å². The maximum absolute atomic E-state index is 13.2. The van der Waals surface area contributed by atoms with E-state index in [9.17, 15) is 29.4 Å². The predicted octanol–water partition coefficient (Wildman–Crippen LogP) is 0.107. The highest BCUT2D eigenvalue weighted by Crippen LogP contribution is 2.42. The Morgan fingerprint density at radius 3 is 2.58 bits per heavy atom. The SMILES string of the molecule is Cc1nnc(SCC2=C(C(=O)O)N3C(=O)C(NC(=O)C(NC(=O)N=C(N)N)c4ccc(O)cc4)[C@@H]3SC2)s1. The number of nitrogens with two attached hydrogens (primary N) is 2.